The summed E-state index contributed by atoms with van der Waals surface area (Å²) in [6, 6.07) is 0.761. The first-order chi connectivity index (χ1) is 9.99. The summed E-state index contributed by atoms with van der Waals surface area (Å²) in [6.45, 7) is 10.5. The Balaban J connectivity index is 2.61. The fourth-order valence-corrected chi connectivity index (χ4v) is 3.49. The van der Waals surface area contributed by atoms with E-state index in [4.69, 9.17) is 15.2 Å². The number of rotatable bonds is 9. The predicted octanol–water partition coefficient (Wildman–Crippen LogP) is 2.37. The Morgan fingerprint density at radius 2 is 1.86 bits per heavy atom. The summed E-state index contributed by atoms with van der Waals surface area (Å²) in [5.41, 5.74) is 6.40. The highest BCUT2D eigenvalue weighted by molar-refractivity contribution is 4.86. The molecule has 1 aliphatic carbocycles. The lowest BCUT2D eigenvalue weighted by atomic mass is 9.73. The van der Waals surface area contributed by atoms with Gasteiger partial charge in [-0.05, 0) is 43.9 Å². The van der Waals surface area contributed by atoms with Gasteiger partial charge in [0, 0.05) is 39.4 Å². The molecular weight excluding hydrogens is 264 g/mol. The molecule has 21 heavy (non-hydrogen) atoms. The number of hydrogen-bond donors (Lipinski definition) is 1. The van der Waals surface area contributed by atoms with Crippen LogP contribution in [0.5, 0.6) is 0 Å². The molecule has 1 fully saturated rings. The Hall–Kier alpha value is -0.160. The van der Waals surface area contributed by atoms with Crippen LogP contribution in [0, 0.1) is 17.8 Å². The standard InChI is InChI=1S/C17H36N2O2/c1-13(2)15-6-7-17(18)16(10-15)11-19(8-9-20-4)14(3)12-21-5/h13-17H,6-12,18H2,1-5H3. The van der Waals surface area contributed by atoms with Crippen molar-refractivity contribution in [3.05, 3.63) is 0 Å². The molecule has 0 aromatic heterocycles. The van der Waals surface area contributed by atoms with Gasteiger partial charge in [-0.1, -0.05) is 13.8 Å². The van der Waals surface area contributed by atoms with E-state index in [1.54, 1.807) is 14.2 Å². The van der Waals surface area contributed by atoms with E-state index in [1.807, 2.05) is 0 Å². The Bertz CT molecular complexity index is 274. The largest absolute Gasteiger partial charge is 0.383 e. The number of nitrogens with two attached hydrogens (primary N) is 1. The molecule has 126 valence electrons. The number of ether oxygens (including phenoxy) is 2. The molecule has 0 saturated heterocycles. The fourth-order valence-electron chi connectivity index (χ4n) is 3.49. The van der Waals surface area contributed by atoms with Crippen LogP contribution in [0.3, 0.4) is 0 Å². The molecule has 0 aromatic carbocycles. The summed E-state index contributed by atoms with van der Waals surface area (Å²) < 4.78 is 10.6. The SMILES string of the molecule is COCCN(CC1CC(C(C)C)CCC1N)C(C)COC. The molecule has 0 heterocycles. The molecular formula is C17H36N2O2. The summed E-state index contributed by atoms with van der Waals surface area (Å²) >= 11 is 0. The summed E-state index contributed by atoms with van der Waals surface area (Å²) in [5.74, 6) is 2.20. The topological polar surface area (TPSA) is 47.7 Å². The van der Waals surface area contributed by atoms with E-state index >= 15 is 0 Å². The molecule has 0 aromatic rings. The Kier molecular flexibility index (Phi) is 8.79. The van der Waals surface area contributed by atoms with Gasteiger partial charge < -0.3 is 15.2 Å². The third-order valence-electron chi connectivity index (χ3n) is 5.11. The van der Waals surface area contributed by atoms with Crippen LogP contribution in [0.2, 0.25) is 0 Å². The van der Waals surface area contributed by atoms with Crippen LogP contribution in [-0.2, 0) is 9.47 Å². The lowest BCUT2D eigenvalue weighted by Gasteiger charge is -2.40. The van der Waals surface area contributed by atoms with Crippen molar-refractivity contribution < 1.29 is 9.47 Å². The Morgan fingerprint density at radius 1 is 1.14 bits per heavy atom. The van der Waals surface area contributed by atoms with Crippen molar-refractivity contribution in [2.45, 2.75) is 52.1 Å². The summed E-state index contributed by atoms with van der Waals surface area (Å²) in [4.78, 5) is 2.49. The normalized spacial score (nSPS) is 28.3. The van der Waals surface area contributed by atoms with Crippen LogP contribution in [0.25, 0.3) is 0 Å². The van der Waals surface area contributed by atoms with Crippen molar-refractivity contribution in [3.63, 3.8) is 0 Å². The van der Waals surface area contributed by atoms with Gasteiger partial charge in [0.15, 0.2) is 0 Å². The van der Waals surface area contributed by atoms with E-state index in [1.165, 1.54) is 19.3 Å². The lowest BCUT2D eigenvalue weighted by molar-refractivity contribution is 0.0498. The van der Waals surface area contributed by atoms with Crippen LogP contribution in [0.1, 0.15) is 40.0 Å². The highest BCUT2D eigenvalue weighted by Crippen LogP contribution is 2.33. The summed E-state index contributed by atoms with van der Waals surface area (Å²) in [6.07, 6.45) is 3.73. The lowest BCUT2D eigenvalue weighted by Crippen LogP contribution is -2.48. The molecule has 0 spiro atoms. The molecule has 0 aliphatic heterocycles. The number of methoxy groups -OCH3 is 2. The van der Waals surface area contributed by atoms with E-state index in [0.29, 0.717) is 18.0 Å². The minimum Gasteiger partial charge on any atom is -0.383 e. The first kappa shape index (κ1) is 18.9. The van der Waals surface area contributed by atoms with Crippen LogP contribution in [0.4, 0.5) is 0 Å². The highest BCUT2D eigenvalue weighted by Gasteiger charge is 2.31. The molecule has 4 heteroatoms. The number of hydrogen-bond acceptors (Lipinski definition) is 4. The quantitative estimate of drug-likeness (QED) is 0.710. The molecule has 0 bridgehead atoms. The van der Waals surface area contributed by atoms with Crippen LogP contribution >= 0.6 is 0 Å². The van der Waals surface area contributed by atoms with Gasteiger partial charge in [0.25, 0.3) is 0 Å². The summed E-state index contributed by atoms with van der Waals surface area (Å²) in [7, 11) is 3.53. The molecule has 0 radical (unpaired) electrons. The molecule has 4 nitrogen and oxygen atoms in total. The molecule has 1 aliphatic rings. The average Bonchev–Trinajstić information content (AvgIpc) is 2.45. The average molecular weight is 300 g/mol. The molecule has 1 saturated carbocycles. The second-order valence-electron chi connectivity index (χ2n) is 7.03. The van der Waals surface area contributed by atoms with Crippen LogP contribution < -0.4 is 5.73 Å². The smallest absolute Gasteiger partial charge is 0.0615 e. The summed E-state index contributed by atoms with van der Waals surface area (Å²) in [5, 5.41) is 0. The van der Waals surface area contributed by atoms with Gasteiger partial charge in [-0.2, -0.15) is 0 Å². The van der Waals surface area contributed by atoms with E-state index in [-0.39, 0.29) is 0 Å². The van der Waals surface area contributed by atoms with Gasteiger partial charge in [-0.15, -0.1) is 0 Å². The molecule has 4 unspecified atom stereocenters. The first-order valence-electron chi connectivity index (χ1n) is 8.47. The van der Waals surface area contributed by atoms with Gasteiger partial charge in [0.05, 0.1) is 13.2 Å². The predicted molar refractivity (Wildman–Crippen MR) is 88.4 cm³/mol. The minimum absolute atomic E-state index is 0.347. The van der Waals surface area contributed by atoms with Crippen molar-refractivity contribution in [2.24, 2.45) is 23.5 Å². The van der Waals surface area contributed by atoms with Crippen LogP contribution in [-0.4, -0.2) is 57.5 Å². The van der Waals surface area contributed by atoms with Gasteiger partial charge >= 0.3 is 0 Å². The molecule has 4 atom stereocenters. The zero-order chi connectivity index (χ0) is 15.8. The minimum atomic E-state index is 0.347. The first-order valence-corrected chi connectivity index (χ1v) is 8.47. The molecule has 2 N–H and O–H groups in total. The zero-order valence-corrected chi connectivity index (χ0v) is 14.7. The van der Waals surface area contributed by atoms with Gasteiger partial charge in [0.2, 0.25) is 0 Å². The maximum atomic E-state index is 6.40. The monoisotopic (exact) mass is 300 g/mol. The van der Waals surface area contributed by atoms with Crippen molar-refractivity contribution in [2.75, 3.05) is 40.5 Å². The highest BCUT2D eigenvalue weighted by atomic mass is 16.5. The second kappa shape index (κ2) is 9.78. The number of nitrogens with zero attached hydrogens (tertiary/aromatic N) is 1. The van der Waals surface area contributed by atoms with Crippen molar-refractivity contribution in [1.82, 2.24) is 4.90 Å². The van der Waals surface area contributed by atoms with E-state index in [9.17, 15) is 0 Å². The van der Waals surface area contributed by atoms with Gasteiger partial charge in [-0.3, -0.25) is 4.90 Å². The second-order valence-corrected chi connectivity index (χ2v) is 7.03. The van der Waals surface area contributed by atoms with Crippen molar-refractivity contribution in [1.29, 1.82) is 0 Å². The van der Waals surface area contributed by atoms with E-state index < -0.39 is 0 Å². The zero-order valence-electron chi connectivity index (χ0n) is 14.7. The van der Waals surface area contributed by atoms with Crippen LogP contribution in [0.15, 0.2) is 0 Å². The Labute approximate surface area is 131 Å². The maximum Gasteiger partial charge on any atom is 0.0615 e. The van der Waals surface area contributed by atoms with Gasteiger partial charge in [-0.25, -0.2) is 0 Å². The Morgan fingerprint density at radius 3 is 2.43 bits per heavy atom. The maximum absolute atomic E-state index is 6.40. The molecule has 1 rings (SSSR count). The fraction of sp³-hybridized carbons (Fsp3) is 1.00. The third-order valence-corrected chi connectivity index (χ3v) is 5.11. The third kappa shape index (κ3) is 6.23. The molecule has 0 amide bonds. The van der Waals surface area contributed by atoms with Crippen molar-refractivity contribution >= 4 is 0 Å². The van der Waals surface area contributed by atoms with Crippen molar-refractivity contribution in [3.8, 4) is 0 Å². The van der Waals surface area contributed by atoms with Gasteiger partial charge in [0.1, 0.15) is 0 Å². The van der Waals surface area contributed by atoms with E-state index in [0.717, 1.165) is 38.1 Å². The van der Waals surface area contributed by atoms with E-state index in [2.05, 4.69) is 25.7 Å².